The van der Waals surface area contributed by atoms with Gasteiger partial charge in [0.05, 0.1) is 6.04 Å². The van der Waals surface area contributed by atoms with Gasteiger partial charge in [0, 0.05) is 6.42 Å². The molecule has 0 bridgehead atoms. The van der Waals surface area contributed by atoms with Crippen LogP contribution in [0.15, 0.2) is 24.3 Å². The van der Waals surface area contributed by atoms with Crippen LogP contribution >= 0.6 is 11.3 Å². The molecule has 0 fully saturated rings. The fraction of sp³-hybridized carbons (Fsp3) is 0.429. The monoisotopic (exact) mass is 279 g/mol. The molecule has 0 saturated carbocycles. The van der Waals surface area contributed by atoms with E-state index in [9.17, 15) is 4.39 Å². The summed E-state index contributed by atoms with van der Waals surface area (Å²) >= 11 is 1.63. The van der Waals surface area contributed by atoms with Gasteiger partial charge in [-0.1, -0.05) is 37.3 Å². The quantitative estimate of drug-likeness (QED) is 0.881. The van der Waals surface area contributed by atoms with Gasteiger partial charge in [0.15, 0.2) is 0 Å². The Morgan fingerprint density at radius 2 is 1.95 bits per heavy atom. The summed E-state index contributed by atoms with van der Waals surface area (Å²) < 4.78 is 12.8. The first-order chi connectivity index (χ1) is 9.22. The zero-order chi connectivity index (χ0) is 13.7. The minimum absolute atomic E-state index is 0.208. The smallest absolute Gasteiger partial charge is 0.134 e. The van der Waals surface area contributed by atoms with Crippen molar-refractivity contribution < 1.29 is 4.39 Å². The van der Waals surface area contributed by atoms with E-state index in [4.69, 9.17) is 0 Å². The molecule has 2 rings (SSSR count). The highest BCUT2D eigenvalue weighted by Crippen LogP contribution is 2.22. The summed E-state index contributed by atoms with van der Waals surface area (Å²) in [7, 11) is 0. The average Bonchev–Trinajstić information content (AvgIpc) is 2.87. The van der Waals surface area contributed by atoms with Gasteiger partial charge in [0.1, 0.15) is 15.8 Å². The summed E-state index contributed by atoms with van der Waals surface area (Å²) in [5, 5.41) is 13.9. The molecule has 1 atom stereocenters. The SMILES string of the molecule is CCNC(CC)c1nnc(Cc2ccc(F)cc2)s1. The standard InChI is InChI=1S/C14H18FN3S/c1-3-12(16-4-2)14-18-17-13(19-14)9-10-5-7-11(15)8-6-10/h5-8,12,16H,3-4,9H2,1-2H3. The Labute approximate surface area is 116 Å². The maximum Gasteiger partial charge on any atom is 0.134 e. The Balaban J connectivity index is 2.06. The van der Waals surface area contributed by atoms with Crippen LogP contribution in [-0.2, 0) is 6.42 Å². The highest BCUT2D eigenvalue weighted by Gasteiger charge is 2.13. The molecule has 3 nitrogen and oxygen atoms in total. The summed E-state index contributed by atoms with van der Waals surface area (Å²) in [6, 6.07) is 6.82. The number of rotatable bonds is 6. The number of nitrogens with one attached hydrogen (secondary N) is 1. The molecule has 0 spiro atoms. The molecule has 0 aliphatic heterocycles. The van der Waals surface area contributed by atoms with Crippen LogP contribution in [-0.4, -0.2) is 16.7 Å². The van der Waals surface area contributed by atoms with Gasteiger partial charge >= 0.3 is 0 Å². The molecule has 5 heteroatoms. The zero-order valence-corrected chi connectivity index (χ0v) is 12.0. The highest BCUT2D eigenvalue weighted by atomic mass is 32.1. The van der Waals surface area contributed by atoms with E-state index in [1.54, 1.807) is 23.5 Å². The van der Waals surface area contributed by atoms with Crippen LogP contribution in [0.2, 0.25) is 0 Å². The van der Waals surface area contributed by atoms with Crippen molar-refractivity contribution in [2.24, 2.45) is 0 Å². The molecule has 0 amide bonds. The maximum atomic E-state index is 12.8. The maximum absolute atomic E-state index is 12.8. The lowest BCUT2D eigenvalue weighted by atomic mass is 10.2. The van der Waals surface area contributed by atoms with Crippen molar-refractivity contribution in [2.45, 2.75) is 32.7 Å². The second-order valence-corrected chi connectivity index (χ2v) is 5.45. The van der Waals surface area contributed by atoms with E-state index in [-0.39, 0.29) is 11.9 Å². The van der Waals surface area contributed by atoms with Gasteiger partial charge in [-0.25, -0.2) is 4.39 Å². The molecule has 0 aliphatic carbocycles. The van der Waals surface area contributed by atoms with Gasteiger partial charge in [-0.2, -0.15) is 0 Å². The average molecular weight is 279 g/mol. The van der Waals surface area contributed by atoms with Crippen LogP contribution in [0.3, 0.4) is 0 Å². The Bertz CT molecular complexity index is 510. The van der Waals surface area contributed by atoms with E-state index in [0.29, 0.717) is 6.42 Å². The van der Waals surface area contributed by atoms with Crippen molar-refractivity contribution in [1.29, 1.82) is 0 Å². The first-order valence-corrected chi connectivity index (χ1v) is 7.34. The lowest BCUT2D eigenvalue weighted by molar-refractivity contribution is 0.531. The fourth-order valence-corrected chi connectivity index (χ4v) is 2.94. The van der Waals surface area contributed by atoms with Gasteiger partial charge < -0.3 is 5.32 Å². The summed E-state index contributed by atoms with van der Waals surface area (Å²) in [5.74, 6) is -0.208. The molecule has 1 aromatic carbocycles. The molecule has 19 heavy (non-hydrogen) atoms. The van der Waals surface area contributed by atoms with Gasteiger partial charge in [-0.3, -0.25) is 0 Å². The molecule has 0 aliphatic rings. The third-order valence-electron chi connectivity index (χ3n) is 2.91. The lowest BCUT2D eigenvalue weighted by Gasteiger charge is -2.10. The summed E-state index contributed by atoms with van der Waals surface area (Å²) in [5.41, 5.74) is 1.06. The number of aromatic nitrogens is 2. The predicted octanol–water partition coefficient (Wildman–Crippen LogP) is 3.33. The number of nitrogens with zero attached hydrogens (tertiary/aromatic N) is 2. The van der Waals surface area contributed by atoms with Gasteiger partial charge in [0.2, 0.25) is 0 Å². The largest absolute Gasteiger partial charge is 0.308 e. The van der Waals surface area contributed by atoms with E-state index >= 15 is 0 Å². The van der Waals surface area contributed by atoms with Gasteiger partial charge in [0.25, 0.3) is 0 Å². The normalized spacial score (nSPS) is 12.6. The van der Waals surface area contributed by atoms with Crippen LogP contribution in [0.1, 0.15) is 41.9 Å². The second-order valence-electron chi connectivity index (χ2n) is 4.36. The number of hydrogen-bond donors (Lipinski definition) is 1. The molecule has 102 valence electrons. The van der Waals surface area contributed by atoms with Crippen LogP contribution in [0, 0.1) is 5.82 Å². The molecule has 2 aromatic rings. The van der Waals surface area contributed by atoms with Crippen LogP contribution in [0.4, 0.5) is 4.39 Å². The lowest BCUT2D eigenvalue weighted by Crippen LogP contribution is -2.19. The summed E-state index contributed by atoms with van der Waals surface area (Å²) in [6.45, 7) is 5.14. The topological polar surface area (TPSA) is 37.8 Å². The van der Waals surface area contributed by atoms with Crippen LogP contribution < -0.4 is 5.32 Å². The van der Waals surface area contributed by atoms with Crippen molar-refractivity contribution in [1.82, 2.24) is 15.5 Å². The van der Waals surface area contributed by atoms with Crippen molar-refractivity contribution in [2.75, 3.05) is 6.54 Å². The molecular weight excluding hydrogens is 261 g/mol. The van der Waals surface area contributed by atoms with E-state index in [2.05, 4.69) is 29.4 Å². The molecule has 0 saturated heterocycles. The third kappa shape index (κ3) is 3.81. The number of hydrogen-bond acceptors (Lipinski definition) is 4. The summed E-state index contributed by atoms with van der Waals surface area (Å²) in [4.78, 5) is 0. The minimum Gasteiger partial charge on any atom is -0.308 e. The van der Waals surface area contributed by atoms with Crippen molar-refractivity contribution in [3.05, 3.63) is 45.7 Å². The van der Waals surface area contributed by atoms with Crippen molar-refractivity contribution in [3.8, 4) is 0 Å². The molecule has 1 unspecified atom stereocenters. The molecule has 1 N–H and O–H groups in total. The van der Waals surface area contributed by atoms with Crippen molar-refractivity contribution in [3.63, 3.8) is 0 Å². The van der Waals surface area contributed by atoms with E-state index in [1.165, 1.54) is 12.1 Å². The van der Waals surface area contributed by atoms with Crippen molar-refractivity contribution >= 4 is 11.3 Å². The number of benzene rings is 1. The number of halogens is 1. The van der Waals surface area contributed by atoms with E-state index in [1.807, 2.05) is 0 Å². The molecule has 1 aromatic heterocycles. The Kier molecular flexibility index (Phi) is 4.99. The van der Waals surface area contributed by atoms with Gasteiger partial charge in [-0.05, 0) is 30.7 Å². The third-order valence-corrected chi connectivity index (χ3v) is 3.94. The fourth-order valence-electron chi connectivity index (χ4n) is 1.91. The van der Waals surface area contributed by atoms with E-state index < -0.39 is 0 Å². The first-order valence-electron chi connectivity index (χ1n) is 6.53. The predicted molar refractivity (Wildman–Crippen MR) is 75.8 cm³/mol. The van der Waals surface area contributed by atoms with Crippen LogP contribution in [0.25, 0.3) is 0 Å². The summed E-state index contributed by atoms with van der Waals surface area (Å²) in [6.07, 6.45) is 1.71. The first kappa shape index (κ1) is 14.1. The van der Waals surface area contributed by atoms with Crippen LogP contribution in [0.5, 0.6) is 0 Å². The Morgan fingerprint density at radius 1 is 1.21 bits per heavy atom. The molecule has 0 radical (unpaired) electrons. The Hall–Kier alpha value is -1.33. The molecular formula is C14H18FN3S. The Morgan fingerprint density at radius 3 is 2.58 bits per heavy atom. The highest BCUT2D eigenvalue weighted by molar-refractivity contribution is 7.11. The zero-order valence-electron chi connectivity index (χ0n) is 11.2. The van der Waals surface area contributed by atoms with Gasteiger partial charge in [-0.15, -0.1) is 10.2 Å². The second kappa shape index (κ2) is 6.73. The molecule has 1 heterocycles. The van der Waals surface area contributed by atoms with E-state index in [0.717, 1.165) is 28.5 Å². The minimum atomic E-state index is -0.208.